The molecule has 1 atom stereocenters. The van der Waals surface area contributed by atoms with Crippen LogP contribution in [-0.2, 0) is 11.2 Å². The molecular weight excluding hydrogens is 414 g/mol. The first-order valence-electron chi connectivity index (χ1n) is 11.6. The second-order valence-electron chi connectivity index (χ2n) is 8.43. The Balaban J connectivity index is 1.19. The first kappa shape index (κ1) is 22.6. The molecule has 1 heterocycles. The Morgan fingerprint density at radius 2 is 1.97 bits per heavy atom. The normalized spacial score (nSPS) is 15.8. The van der Waals surface area contributed by atoms with Crippen molar-refractivity contribution in [1.29, 1.82) is 0 Å². The van der Waals surface area contributed by atoms with Crippen molar-refractivity contribution < 1.29 is 14.6 Å². The number of rotatable bonds is 10. The monoisotopic (exact) mass is 445 g/mol. The third kappa shape index (κ3) is 6.72. The van der Waals surface area contributed by atoms with Crippen molar-refractivity contribution in [2.45, 2.75) is 38.0 Å². The quantitative estimate of drug-likeness (QED) is 0.472. The van der Waals surface area contributed by atoms with E-state index in [0.29, 0.717) is 13.0 Å². The van der Waals surface area contributed by atoms with Gasteiger partial charge in [0.2, 0.25) is 0 Å². The van der Waals surface area contributed by atoms with Gasteiger partial charge in [-0.15, -0.1) is 0 Å². The lowest BCUT2D eigenvalue weighted by atomic mass is 9.89. The van der Waals surface area contributed by atoms with Crippen molar-refractivity contribution in [3.8, 4) is 5.75 Å². The van der Waals surface area contributed by atoms with E-state index in [9.17, 15) is 9.90 Å². The number of hydrogen-bond acceptors (Lipinski definition) is 5. The van der Waals surface area contributed by atoms with E-state index in [1.54, 1.807) is 0 Å². The Morgan fingerprint density at radius 1 is 1.15 bits per heavy atom. The van der Waals surface area contributed by atoms with Crippen molar-refractivity contribution >= 4 is 11.9 Å². The summed E-state index contributed by atoms with van der Waals surface area (Å²) in [4.78, 5) is 15.9. The summed E-state index contributed by atoms with van der Waals surface area (Å²) < 4.78 is 5.88. The van der Waals surface area contributed by atoms with Gasteiger partial charge < -0.3 is 20.5 Å². The summed E-state index contributed by atoms with van der Waals surface area (Å²) in [5.74, 6) is 0.829. The lowest BCUT2D eigenvalue weighted by Crippen LogP contribution is -2.40. The third-order valence-corrected chi connectivity index (χ3v) is 5.94. The topological polar surface area (TPSA) is 83.0 Å². The maximum Gasteiger partial charge on any atom is 0.303 e. The van der Waals surface area contributed by atoms with E-state index in [1.165, 1.54) is 11.3 Å². The van der Waals surface area contributed by atoms with E-state index in [-0.39, 0.29) is 12.3 Å². The molecule has 0 fully saturated rings. The number of guanidine groups is 1. The van der Waals surface area contributed by atoms with Gasteiger partial charge in [0.25, 0.3) is 0 Å². The lowest BCUT2D eigenvalue weighted by molar-refractivity contribution is -0.137. The number of nitrogens with one attached hydrogen (secondary N) is 2. The van der Waals surface area contributed by atoms with Gasteiger partial charge in [-0.05, 0) is 66.5 Å². The first-order chi connectivity index (χ1) is 16.2. The Morgan fingerprint density at radius 3 is 2.76 bits per heavy atom. The maximum atomic E-state index is 11.3. The highest BCUT2D eigenvalue weighted by Crippen LogP contribution is 2.25. The van der Waals surface area contributed by atoms with Gasteiger partial charge in [-0.2, -0.15) is 0 Å². The zero-order valence-corrected chi connectivity index (χ0v) is 18.8. The van der Waals surface area contributed by atoms with Crippen molar-refractivity contribution in [2.24, 2.45) is 4.99 Å². The summed E-state index contributed by atoms with van der Waals surface area (Å²) in [5, 5.41) is 16.0. The number of carbonyl (C=O) groups is 1. The lowest BCUT2D eigenvalue weighted by Gasteiger charge is -2.23. The van der Waals surface area contributed by atoms with Crippen molar-refractivity contribution in [3.05, 3.63) is 89.1 Å². The number of carboxylic acids is 1. The molecule has 0 spiro atoms. The molecule has 0 saturated heterocycles. The van der Waals surface area contributed by atoms with Crippen LogP contribution in [0, 0.1) is 0 Å². The minimum absolute atomic E-state index is 0.0474. The van der Waals surface area contributed by atoms with Gasteiger partial charge in [0.15, 0.2) is 5.96 Å². The first-order valence-corrected chi connectivity index (χ1v) is 11.6. The molecule has 0 bridgehead atoms. The standard InChI is InChI=1S/C27H31N3O3/c31-26(32)18-23(21-7-2-1-3-8-21)17-20-11-13-24(14-12-20)33-16-6-15-28-27-29-19-22-9-4-5-10-25(22)30-27/h1-3,5,7-8,10-14,23H,4,6,9,15-19H2,(H,31,32)(H2,28,29,30). The van der Waals surface area contributed by atoms with Crippen LogP contribution in [-0.4, -0.2) is 36.7 Å². The Hall–Kier alpha value is -3.54. The van der Waals surface area contributed by atoms with Crippen LogP contribution in [0.5, 0.6) is 5.75 Å². The van der Waals surface area contributed by atoms with Gasteiger partial charge in [0.05, 0.1) is 19.6 Å². The van der Waals surface area contributed by atoms with Gasteiger partial charge >= 0.3 is 5.97 Å². The van der Waals surface area contributed by atoms with Gasteiger partial charge in [0.1, 0.15) is 5.75 Å². The summed E-state index contributed by atoms with van der Waals surface area (Å²) in [6.45, 7) is 2.17. The van der Waals surface area contributed by atoms with E-state index in [0.717, 1.165) is 55.2 Å². The fraction of sp³-hybridized carbons (Fsp3) is 0.333. The van der Waals surface area contributed by atoms with E-state index in [2.05, 4.69) is 27.8 Å². The molecule has 1 aliphatic heterocycles. The summed E-state index contributed by atoms with van der Waals surface area (Å²) in [6.07, 6.45) is 8.20. The van der Waals surface area contributed by atoms with Gasteiger partial charge in [-0.1, -0.05) is 48.5 Å². The number of carboxylic acid groups (broad SMARTS) is 1. The molecule has 1 aliphatic carbocycles. The number of ether oxygens (including phenoxy) is 1. The number of hydrogen-bond donors (Lipinski definition) is 3. The van der Waals surface area contributed by atoms with E-state index in [4.69, 9.17) is 4.74 Å². The highest BCUT2D eigenvalue weighted by Gasteiger charge is 2.16. The molecule has 0 amide bonds. The number of allylic oxidation sites excluding steroid dienone is 2. The summed E-state index contributed by atoms with van der Waals surface area (Å²) in [5.41, 5.74) is 4.73. The van der Waals surface area contributed by atoms with E-state index in [1.807, 2.05) is 54.6 Å². The number of aliphatic carboxylic acids is 1. The van der Waals surface area contributed by atoms with Crippen molar-refractivity contribution in [1.82, 2.24) is 10.6 Å². The SMILES string of the molecule is O=C(O)CC(Cc1ccc(OCCCNC2=NCC3=C(C=CCC3)N2)cc1)c1ccccc1. The second kappa shape index (κ2) is 11.4. The smallest absolute Gasteiger partial charge is 0.303 e. The average Bonchev–Trinajstić information content (AvgIpc) is 2.84. The number of aliphatic imine (C=N–C) groups is 1. The fourth-order valence-electron chi connectivity index (χ4n) is 4.17. The molecule has 2 aromatic carbocycles. The van der Waals surface area contributed by atoms with Crippen LogP contribution in [0.2, 0.25) is 0 Å². The molecule has 33 heavy (non-hydrogen) atoms. The molecule has 1 unspecified atom stereocenters. The Bertz CT molecular complexity index is 1030. The largest absolute Gasteiger partial charge is 0.494 e. The molecule has 4 rings (SSSR count). The molecule has 3 N–H and O–H groups in total. The van der Waals surface area contributed by atoms with Crippen molar-refractivity contribution in [3.63, 3.8) is 0 Å². The van der Waals surface area contributed by atoms with E-state index < -0.39 is 5.97 Å². The minimum atomic E-state index is -0.779. The Kier molecular flexibility index (Phi) is 7.80. The summed E-state index contributed by atoms with van der Waals surface area (Å²) >= 11 is 0. The van der Waals surface area contributed by atoms with Crippen LogP contribution < -0.4 is 15.4 Å². The van der Waals surface area contributed by atoms with Crippen LogP contribution in [0.15, 0.2) is 83.0 Å². The molecule has 6 heteroatoms. The molecule has 0 radical (unpaired) electrons. The van der Waals surface area contributed by atoms with E-state index >= 15 is 0 Å². The fourth-order valence-corrected chi connectivity index (χ4v) is 4.17. The Labute approximate surface area is 195 Å². The van der Waals surface area contributed by atoms with Gasteiger partial charge in [-0.3, -0.25) is 4.79 Å². The zero-order chi connectivity index (χ0) is 22.9. The average molecular weight is 446 g/mol. The highest BCUT2D eigenvalue weighted by molar-refractivity contribution is 5.83. The van der Waals surface area contributed by atoms with Crippen LogP contribution in [0.25, 0.3) is 0 Å². The van der Waals surface area contributed by atoms with Gasteiger partial charge in [0, 0.05) is 12.2 Å². The van der Waals surface area contributed by atoms with Crippen LogP contribution in [0.3, 0.4) is 0 Å². The maximum absolute atomic E-state index is 11.3. The molecule has 6 nitrogen and oxygen atoms in total. The van der Waals surface area contributed by atoms with Crippen molar-refractivity contribution in [2.75, 3.05) is 19.7 Å². The predicted octanol–water partition coefficient (Wildman–Crippen LogP) is 4.41. The molecule has 2 aliphatic rings. The second-order valence-corrected chi connectivity index (χ2v) is 8.43. The van der Waals surface area contributed by atoms with Crippen LogP contribution in [0.4, 0.5) is 0 Å². The molecule has 2 aromatic rings. The number of nitrogens with zero attached hydrogens (tertiary/aromatic N) is 1. The predicted molar refractivity (Wildman–Crippen MR) is 131 cm³/mol. The molecule has 0 saturated carbocycles. The molecular formula is C27H31N3O3. The summed E-state index contributed by atoms with van der Waals surface area (Å²) in [7, 11) is 0. The summed E-state index contributed by atoms with van der Waals surface area (Å²) in [6, 6.07) is 17.8. The van der Waals surface area contributed by atoms with Crippen LogP contribution in [0.1, 0.15) is 42.7 Å². The van der Waals surface area contributed by atoms with Gasteiger partial charge in [-0.25, -0.2) is 4.99 Å². The zero-order valence-electron chi connectivity index (χ0n) is 18.8. The van der Waals surface area contributed by atoms with Crippen LogP contribution >= 0.6 is 0 Å². The minimum Gasteiger partial charge on any atom is -0.494 e. The molecule has 0 aromatic heterocycles. The molecule has 172 valence electrons. The third-order valence-electron chi connectivity index (χ3n) is 5.94. The highest BCUT2D eigenvalue weighted by atomic mass is 16.5. The number of benzene rings is 2.